The number of ether oxygens (including phenoxy) is 1. The summed E-state index contributed by atoms with van der Waals surface area (Å²) >= 11 is 0. The molecular weight excluding hydrogens is 208 g/mol. The minimum atomic E-state index is 0.151. The molecule has 1 saturated heterocycles. The van der Waals surface area contributed by atoms with Crippen LogP contribution in [-0.4, -0.2) is 13.2 Å². The lowest BCUT2D eigenvalue weighted by molar-refractivity contribution is -0.0358. The summed E-state index contributed by atoms with van der Waals surface area (Å²) in [6, 6.07) is 15.5. The van der Waals surface area contributed by atoms with Crippen molar-refractivity contribution in [2.75, 3.05) is 13.2 Å². The Bertz CT molecular complexity index is 609. The summed E-state index contributed by atoms with van der Waals surface area (Å²) in [4.78, 5) is 0. The molecule has 1 spiro atoms. The highest BCUT2D eigenvalue weighted by atomic mass is 16.5. The van der Waals surface area contributed by atoms with Gasteiger partial charge in [-0.25, -0.2) is 0 Å². The molecule has 2 aliphatic rings. The van der Waals surface area contributed by atoms with E-state index in [-0.39, 0.29) is 5.41 Å². The van der Waals surface area contributed by atoms with Crippen molar-refractivity contribution in [1.82, 2.24) is 0 Å². The third-order valence-corrected chi connectivity index (χ3v) is 4.12. The standard InChI is InChI=1S/C16H14O/c1-11-6-7-13-12-4-2-3-5-14(12)16(9-17-10-16)15(13)8-11/h2-8H,9-10H2,1H3. The maximum atomic E-state index is 5.51. The van der Waals surface area contributed by atoms with Gasteiger partial charge in [0.2, 0.25) is 0 Å². The molecule has 84 valence electrons. The van der Waals surface area contributed by atoms with Gasteiger partial charge in [0.1, 0.15) is 0 Å². The van der Waals surface area contributed by atoms with Gasteiger partial charge in [-0.15, -0.1) is 0 Å². The molecule has 0 radical (unpaired) electrons. The van der Waals surface area contributed by atoms with Gasteiger partial charge >= 0.3 is 0 Å². The average Bonchev–Trinajstić information content (AvgIpc) is 2.58. The fraction of sp³-hybridized carbons (Fsp3) is 0.250. The van der Waals surface area contributed by atoms with Crippen LogP contribution in [0.5, 0.6) is 0 Å². The average molecular weight is 222 g/mol. The van der Waals surface area contributed by atoms with Gasteiger partial charge in [-0.2, -0.15) is 0 Å². The van der Waals surface area contributed by atoms with E-state index in [9.17, 15) is 0 Å². The van der Waals surface area contributed by atoms with Crippen molar-refractivity contribution >= 4 is 0 Å². The van der Waals surface area contributed by atoms with Crippen LogP contribution in [0.2, 0.25) is 0 Å². The Labute approximate surface area is 101 Å². The summed E-state index contributed by atoms with van der Waals surface area (Å²) in [7, 11) is 0. The van der Waals surface area contributed by atoms with Gasteiger partial charge in [0.05, 0.1) is 18.6 Å². The van der Waals surface area contributed by atoms with E-state index < -0.39 is 0 Å². The van der Waals surface area contributed by atoms with E-state index in [0.717, 1.165) is 13.2 Å². The summed E-state index contributed by atoms with van der Waals surface area (Å²) in [5.41, 5.74) is 7.19. The Kier molecular flexibility index (Phi) is 1.66. The number of rotatable bonds is 0. The van der Waals surface area contributed by atoms with Crippen molar-refractivity contribution in [1.29, 1.82) is 0 Å². The lowest BCUT2D eigenvalue weighted by atomic mass is 9.76. The first-order valence-electron chi connectivity index (χ1n) is 6.10. The monoisotopic (exact) mass is 222 g/mol. The zero-order chi connectivity index (χ0) is 11.5. The Morgan fingerprint density at radius 1 is 0.941 bits per heavy atom. The van der Waals surface area contributed by atoms with Crippen molar-refractivity contribution < 1.29 is 4.74 Å². The molecular formula is C16H14O. The molecule has 17 heavy (non-hydrogen) atoms. The van der Waals surface area contributed by atoms with Crippen LogP contribution in [0.25, 0.3) is 11.1 Å². The van der Waals surface area contributed by atoms with E-state index in [1.54, 1.807) is 0 Å². The van der Waals surface area contributed by atoms with Crippen LogP contribution < -0.4 is 0 Å². The van der Waals surface area contributed by atoms with Gasteiger partial charge < -0.3 is 4.74 Å². The second-order valence-corrected chi connectivity index (χ2v) is 5.17. The van der Waals surface area contributed by atoms with Gasteiger partial charge in [-0.1, -0.05) is 48.0 Å². The van der Waals surface area contributed by atoms with Crippen LogP contribution in [0.15, 0.2) is 42.5 Å². The van der Waals surface area contributed by atoms with Crippen LogP contribution in [0.1, 0.15) is 16.7 Å². The molecule has 4 rings (SSSR count). The zero-order valence-electron chi connectivity index (χ0n) is 9.86. The van der Waals surface area contributed by atoms with Crippen molar-refractivity contribution in [3.05, 3.63) is 59.2 Å². The number of aryl methyl sites for hydroxylation is 1. The minimum absolute atomic E-state index is 0.151. The van der Waals surface area contributed by atoms with Gasteiger partial charge in [-0.05, 0) is 29.2 Å². The van der Waals surface area contributed by atoms with Crippen LogP contribution in [-0.2, 0) is 10.2 Å². The quantitative estimate of drug-likeness (QED) is 0.664. The predicted molar refractivity (Wildman–Crippen MR) is 68.2 cm³/mol. The van der Waals surface area contributed by atoms with E-state index >= 15 is 0 Å². The second-order valence-electron chi connectivity index (χ2n) is 5.17. The third kappa shape index (κ3) is 1.03. The first-order valence-corrected chi connectivity index (χ1v) is 6.10. The smallest absolute Gasteiger partial charge is 0.0681 e. The molecule has 0 bridgehead atoms. The SMILES string of the molecule is Cc1ccc2c(c1)C1(COC1)c1ccccc1-2. The van der Waals surface area contributed by atoms with Gasteiger partial charge in [0.25, 0.3) is 0 Å². The van der Waals surface area contributed by atoms with Crippen LogP contribution in [0, 0.1) is 6.92 Å². The van der Waals surface area contributed by atoms with Gasteiger partial charge in [0, 0.05) is 0 Å². The summed E-state index contributed by atoms with van der Waals surface area (Å²) in [6.45, 7) is 3.83. The maximum Gasteiger partial charge on any atom is 0.0681 e. The molecule has 0 aromatic heterocycles. The van der Waals surface area contributed by atoms with E-state index in [1.807, 2.05) is 0 Å². The number of fused-ring (bicyclic) bond motifs is 5. The first kappa shape index (κ1) is 9.43. The molecule has 2 aromatic rings. The van der Waals surface area contributed by atoms with Gasteiger partial charge in [0.15, 0.2) is 0 Å². The topological polar surface area (TPSA) is 9.23 Å². The minimum Gasteiger partial charge on any atom is -0.379 e. The van der Waals surface area contributed by atoms with Crippen molar-refractivity contribution in [2.24, 2.45) is 0 Å². The first-order chi connectivity index (χ1) is 8.31. The largest absolute Gasteiger partial charge is 0.379 e. The lowest BCUT2D eigenvalue weighted by Crippen LogP contribution is -2.46. The molecule has 0 amide bonds. The summed E-state index contributed by atoms with van der Waals surface area (Å²) in [5.74, 6) is 0. The molecule has 0 N–H and O–H groups in total. The molecule has 1 aliphatic heterocycles. The summed E-state index contributed by atoms with van der Waals surface area (Å²) in [5, 5.41) is 0. The normalized spacial score (nSPS) is 18.6. The zero-order valence-corrected chi connectivity index (χ0v) is 9.86. The Morgan fingerprint density at radius 3 is 2.47 bits per heavy atom. The molecule has 1 aliphatic carbocycles. The van der Waals surface area contributed by atoms with Crippen molar-refractivity contribution in [2.45, 2.75) is 12.3 Å². The number of hydrogen-bond donors (Lipinski definition) is 0. The molecule has 1 fully saturated rings. The highest BCUT2D eigenvalue weighted by Crippen LogP contribution is 2.52. The lowest BCUT2D eigenvalue weighted by Gasteiger charge is -2.40. The highest BCUT2D eigenvalue weighted by Gasteiger charge is 2.48. The molecule has 0 atom stereocenters. The van der Waals surface area contributed by atoms with E-state index in [4.69, 9.17) is 4.74 Å². The van der Waals surface area contributed by atoms with Crippen molar-refractivity contribution in [3.63, 3.8) is 0 Å². The molecule has 2 aromatic carbocycles. The van der Waals surface area contributed by atoms with Crippen LogP contribution in [0.3, 0.4) is 0 Å². The third-order valence-electron chi connectivity index (χ3n) is 4.12. The van der Waals surface area contributed by atoms with E-state index in [2.05, 4.69) is 49.4 Å². The molecule has 0 unspecified atom stereocenters. The maximum absolute atomic E-state index is 5.51. The predicted octanol–water partition coefficient (Wildman–Crippen LogP) is 3.29. The molecule has 1 nitrogen and oxygen atoms in total. The van der Waals surface area contributed by atoms with E-state index in [1.165, 1.54) is 27.8 Å². The summed E-state index contributed by atoms with van der Waals surface area (Å²) < 4.78 is 5.51. The Morgan fingerprint density at radius 2 is 1.71 bits per heavy atom. The Hall–Kier alpha value is -1.60. The molecule has 0 saturated carbocycles. The number of hydrogen-bond acceptors (Lipinski definition) is 1. The highest BCUT2D eigenvalue weighted by molar-refractivity contribution is 5.82. The number of benzene rings is 2. The fourth-order valence-corrected chi connectivity index (χ4v) is 3.19. The fourth-order valence-electron chi connectivity index (χ4n) is 3.19. The van der Waals surface area contributed by atoms with Crippen molar-refractivity contribution in [3.8, 4) is 11.1 Å². The summed E-state index contributed by atoms with van der Waals surface area (Å²) in [6.07, 6.45) is 0. The van der Waals surface area contributed by atoms with Crippen LogP contribution >= 0.6 is 0 Å². The van der Waals surface area contributed by atoms with Gasteiger partial charge in [-0.3, -0.25) is 0 Å². The van der Waals surface area contributed by atoms with Crippen LogP contribution in [0.4, 0.5) is 0 Å². The molecule has 1 heteroatoms. The van der Waals surface area contributed by atoms with E-state index in [0.29, 0.717) is 0 Å². The molecule has 1 heterocycles. The second kappa shape index (κ2) is 2.99. The Balaban J connectivity index is 2.09.